The van der Waals surface area contributed by atoms with Gasteiger partial charge < -0.3 is 10.2 Å². The average Bonchev–Trinajstić information content (AvgIpc) is 3.21. The Morgan fingerprint density at radius 1 is 1.37 bits per heavy atom. The molecule has 1 aromatic rings. The Morgan fingerprint density at radius 2 is 2.00 bits per heavy atom. The van der Waals surface area contributed by atoms with Crippen LogP contribution in [0.25, 0.3) is 0 Å². The smallest absolute Gasteiger partial charge is 0.235 e. The Bertz CT molecular complexity index is 426. The van der Waals surface area contributed by atoms with Crippen LogP contribution in [-0.4, -0.2) is 36.2 Å². The van der Waals surface area contributed by atoms with Crippen LogP contribution in [0, 0.1) is 0 Å². The Kier molecular flexibility index (Phi) is 4.88. The Morgan fingerprint density at radius 3 is 2.53 bits per heavy atom. The van der Waals surface area contributed by atoms with Crippen LogP contribution in [0.5, 0.6) is 0 Å². The van der Waals surface area contributed by atoms with Gasteiger partial charge in [-0.1, -0.05) is 12.1 Å². The number of nitrogens with one attached hydrogen (secondary N) is 1. The van der Waals surface area contributed by atoms with Crippen molar-refractivity contribution in [1.29, 1.82) is 0 Å². The van der Waals surface area contributed by atoms with Crippen molar-refractivity contribution < 1.29 is 4.79 Å². The predicted molar refractivity (Wildman–Crippen MR) is 80.3 cm³/mol. The van der Waals surface area contributed by atoms with Crippen molar-refractivity contribution >= 4 is 17.7 Å². The number of hydrogen-bond donors (Lipinski definition) is 1. The molecule has 1 fully saturated rings. The predicted octanol–water partition coefficient (Wildman–Crippen LogP) is 2.51. The van der Waals surface area contributed by atoms with E-state index in [1.807, 2.05) is 6.92 Å². The largest absolute Gasteiger partial charge is 0.348 e. The van der Waals surface area contributed by atoms with E-state index in [0.717, 1.165) is 17.5 Å². The molecule has 1 N–H and O–H groups in total. The summed E-state index contributed by atoms with van der Waals surface area (Å²) in [6.07, 6.45) is 2.64. The SMILES string of the molecule is CC(Sc1ccc(CNC2CC2)cc1)C(=O)N(C)C. The standard InChI is InChI=1S/C15H22N2OS/c1-11(15(18)17(2)3)19-14-8-4-12(5-9-14)10-16-13-6-7-13/h4-5,8-9,11,13,16H,6-7,10H2,1-3H3. The van der Waals surface area contributed by atoms with E-state index in [1.54, 1.807) is 30.8 Å². The van der Waals surface area contributed by atoms with Gasteiger partial charge in [0, 0.05) is 31.6 Å². The van der Waals surface area contributed by atoms with Gasteiger partial charge in [0.1, 0.15) is 0 Å². The molecule has 0 spiro atoms. The van der Waals surface area contributed by atoms with Gasteiger partial charge in [0.05, 0.1) is 5.25 Å². The van der Waals surface area contributed by atoms with E-state index in [1.165, 1.54) is 18.4 Å². The minimum atomic E-state index is -0.0366. The van der Waals surface area contributed by atoms with E-state index in [2.05, 4.69) is 29.6 Å². The topological polar surface area (TPSA) is 32.3 Å². The third kappa shape index (κ3) is 4.55. The van der Waals surface area contributed by atoms with Crippen molar-refractivity contribution in [3.63, 3.8) is 0 Å². The number of benzene rings is 1. The highest BCUT2D eigenvalue weighted by molar-refractivity contribution is 8.00. The fourth-order valence-electron chi connectivity index (χ4n) is 1.85. The van der Waals surface area contributed by atoms with Gasteiger partial charge in [0.25, 0.3) is 0 Å². The molecule has 0 aliphatic heterocycles. The number of hydrogen-bond acceptors (Lipinski definition) is 3. The number of amides is 1. The first-order valence-electron chi connectivity index (χ1n) is 6.76. The molecule has 0 radical (unpaired) electrons. The zero-order valence-corrected chi connectivity index (χ0v) is 12.7. The van der Waals surface area contributed by atoms with Crippen LogP contribution in [0.4, 0.5) is 0 Å². The van der Waals surface area contributed by atoms with Gasteiger partial charge in [0.2, 0.25) is 5.91 Å². The molecular weight excluding hydrogens is 256 g/mol. The van der Waals surface area contributed by atoms with Crippen molar-refractivity contribution in [2.24, 2.45) is 0 Å². The second-order valence-electron chi connectivity index (χ2n) is 5.29. The van der Waals surface area contributed by atoms with Crippen LogP contribution in [0.3, 0.4) is 0 Å². The fourth-order valence-corrected chi connectivity index (χ4v) is 2.87. The van der Waals surface area contributed by atoms with Crippen LogP contribution in [0.2, 0.25) is 0 Å². The van der Waals surface area contributed by atoms with Crippen molar-refractivity contribution in [2.45, 2.75) is 42.5 Å². The minimum Gasteiger partial charge on any atom is -0.348 e. The van der Waals surface area contributed by atoms with Gasteiger partial charge in [0.15, 0.2) is 0 Å². The highest BCUT2D eigenvalue weighted by atomic mass is 32.2. The quantitative estimate of drug-likeness (QED) is 0.812. The summed E-state index contributed by atoms with van der Waals surface area (Å²) >= 11 is 1.61. The summed E-state index contributed by atoms with van der Waals surface area (Å²) in [4.78, 5) is 14.6. The van der Waals surface area contributed by atoms with Crippen LogP contribution in [0.1, 0.15) is 25.3 Å². The number of carbonyl (C=O) groups excluding carboxylic acids is 1. The Hall–Kier alpha value is -1.00. The molecule has 1 saturated carbocycles. The maximum absolute atomic E-state index is 11.8. The van der Waals surface area contributed by atoms with Gasteiger partial charge in [-0.15, -0.1) is 11.8 Å². The van der Waals surface area contributed by atoms with Crippen molar-refractivity contribution in [1.82, 2.24) is 10.2 Å². The Balaban J connectivity index is 1.85. The Labute approximate surface area is 119 Å². The summed E-state index contributed by atoms with van der Waals surface area (Å²) in [6, 6.07) is 9.24. The summed E-state index contributed by atoms with van der Waals surface area (Å²) in [7, 11) is 3.60. The summed E-state index contributed by atoms with van der Waals surface area (Å²) in [6.45, 7) is 2.90. The first-order valence-corrected chi connectivity index (χ1v) is 7.64. The van der Waals surface area contributed by atoms with Crippen LogP contribution < -0.4 is 5.32 Å². The summed E-state index contributed by atoms with van der Waals surface area (Å²) in [5.74, 6) is 0.157. The van der Waals surface area contributed by atoms with E-state index in [4.69, 9.17) is 0 Å². The lowest BCUT2D eigenvalue weighted by Crippen LogP contribution is -2.29. The molecular formula is C15H22N2OS. The maximum Gasteiger partial charge on any atom is 0.235 e. The highest BCUT2D eigenvalue weighted by Crippen LogP contribution is 2.25. The summed E-state index contributed by atoms with van der Waals surface area (Å²) in [5, 5.41) is 3.46. The molecule has 1 aliphatic carbocycles. The zero-order valence-electron chi connectivity index (χ0n) is 11.8. The zero-order chi connectivity index (χ0) is 13.8. The molecule has 19 heavy (non-hydrogen) atoms. The van der Waals surface area contributed by atoms with Gasteiger partial charge >= 0.3 is 0 Å². The van der Waals surface area contributed by atoms with Crippen LogP contribution in [0.15, 0.2) is 29.2 Å². The average molecular weight is 278 g/mol. The first kappa shape index (κ1) is 14.4. The molecule has 0 heterocycles. The van der Waals surface area contributed by atoms with E-state index < -0.39 is 0 Å². The molecule has 0 aromatic heterocycles. The van der Waals surface area contributed by atoms with E-state index in [0.29, 0.717) is 0 Å². The molecule has 1 aromatic carbocycles. The molecule has 3 nitrogen and oxygen atoms in total. The minimum absolute atomic E-state index is 0.0366. The van der Waals surface area contributed by atoms with E-state index in [9.17, 15) is 4.79 Å². The molecule has 0 bridgehead atoms. The molecule has 1 atom stereocenters. The first-order chi connectivity index (χ1) is 9.06. The summed E-state index contributed by atoms with van der Waals surface area (Å²) in [5.41, 5.74) is 1.31. The molecule has 0 saturated heterocycles. The lowest BCUT2D eigenvalue weighted by molar-refractivity contribution is -0.127. The second-order valence-corrected chi connectivity index (χ2v) is 6.71. The molecule has 2 rings (SSSR count). The molecule has 1 aliphatic rings. The third-order valence-corrected chi connectivity index (χ3v) is 4.30. The third-order valence-electron chi connectivity index (χ3n) is 3.20. The molecule has 1 amide bonds. The van der Waals surface area contributed by atoms with Crippen LogP contribution in [-0.2, 0) is 11.3 Å². The molecule has 1 unspecified atom stereocenters. The van der Waals surface area contributed by atoms with Crippen molar-refractivity contribution in [2.75, 3.05) is 14.1 Å². The number of nitrogens with zero attached hydrogens (tertiary/aromatic N) is 1. The van der Waals surface area contributed by atoms with E-state index in [-0.39, 0.29) is 11.2 Å². The van der Waals surface area contributed by atoms with E-state index >= 15 is 0 Å². The maximum atomic E-state index is 11.8. The number of thioether (sulfide) groups is 1. The number of carbonyl (C=O) groups is 1. The lowest BCUT2D eigenvalue weighted by Gasteiger charge is -2.16. The molecule has 4 heteroatoms. The number of rotatable bonds is 6. The van der Waals surface area contributed by atoms with Crippen molar-refractivity contribution in [3.8, 4) is 0 Å². The van der Waals surface area contributed by atoms with Crippen molar-refractivity contribution in [3.05, 3.63) is 29.8 Å². The van der Waals surface area contributed by atoms with Gasteiger partial charge in [-0.3, -0.25) is 4.79 Å². The second kappa shape index (κ2) is 6.44. The van der Waals surface area contributed by atoms with Gasteiger partial charge in [-0.05, 0) is 37.5 Å². The monoisotopic (exact) mass is 278 g/mol. The normalized spacial score (nSPS) is 16.2. The molecule has 104 valence electrons. The fraction of sp³-hybridized carbons (Fsp3) is 0.533. The van der Waals surface area contributed by atoms with Gasteiger partial charge in [-0.2, -0.15) is 0 Å². The lowest BCUT2D eigenvalue weighted by atomic mass is 10.2. The van der Waals surface area contributed by atoms with Gasteiger partial charge in [-0.25, -0.2) is 0 Å². The van der Waals surface area contributed by atoms with Crippen LogP contribution >= 0.6 is 11.8 Å². The summed E-state index contributed by atoms with van der Waals surface area (Å²) < 4.78 is 0. The highest BCUT2D eigenvalue weighted by Gasteiger charge is 2.20.